The lowest BCUT2D eigenvalue weighted by molar-refractivity contribution is 0.169. The molecule has 0 aliphatic carbocycles. The Morgan fingerprint density at radius 1 is 1.10 bits per heavy atom. The van der Waals surface area contributed by atoms with E-state index in [1.807, 2.05) is 12.1 Å². The van der Waals surface area contributed by atoms with Gasteiger partial charge in [-0.05, 0) is 57.0 Å². The van der Waals surface area contributed by atoms with Gasteiger partial charge in [-0.25, -0.2) is 8.42 Å². The van der Waals surface area contributed by atoms with Crippen molar-refractivity contribution in [3.8, 4) is 0 Å². The number of hydrogen-bond donors (Lipinski definition) is 1. The fourth-order valence-electron chi connectivity index (χ4n) is 3.56. The highest BCUT2D eigenvalue weighted by Crippen LogP contribution is 2.35. The number of anilines is 1. The maximum absolute atomic E-state index is 11.4. The Balaban J connectivity index is 1.67. The highest BCUT2D eigenvalue weighted by atomic mass is 32.2. The average Bonchev–Trinajstić information content (AvgIpc) is 2.62. The molecular weight excluding hydrogens is 272 g/mol. The Morgan fingerprint density at radius 2 is 1.65 bits per heavy atom. The van der Waals surface area contributed by atoms with Crippen molar-refractivity contribution in [1.82, 2.24) is 4.90 Å². The minimum absolute atomic E-state index is 0.381. The Kier molecular flexibility index (Phi) is 3.50. The van der Waals surface area contributed by atoms with Gasteiger partial charge < -0.3 is 10.2 Å². The molecule has 20 heavy (non-hydrogen) atoms. The summed E-state index contributed by atoms with van der Waals surface area (Å²) in [5.74, 6) is 0. The molecule has 2 saturated heterocycles. The lowest BCUT2D eigenvalue weighted by atomic mass is 9.98. The van der Waals surface area contributed by atoms with E-state index in [0.717, 1.165) is 5.69 Å². The summed E-state index contributed by atoms with van der Waals surface area (Å²) < 4.78 is 22.9. The molecule has 5 heteroatoms. The molecule has 1 N–H and O–H groups in total. The summed E-state index contributed by atoms with van der Waals surface area (Å²) in [6.07, 6.45) is 6.23. The van der Waals surface area contributed by atoms with Crippen molar-refractivity contribution in [1.29, 1.82) is 0 Å². The van der Waals surface area contributed by atoms with Crippen LogP contribution in [0.25, 0.3) is 0 Å². The molecule has 2 unspecified atom stereocenters. The minimum Gasteiger partial charge on any atom is -0.382 e. The molecular formula is C15H22N2O2S. The SMILES string of the molecule is CN1C2CCC1CC(Nc1ccc(S(C)(=O)=O)cc1)C2. The lowest BCUT2D eigenvalue weighted by Gasteiger charge is -2.37. The summed E-state index contributed by atoms with van der Waals surface area (Å²) in [4.78, 5) is 2.90. The maximum Gasteiger partial charge on any atom is 0.175 e. The molecule has 4 nitrogen and oxygen atoms in total. The Hall–Kier alpha value is -1.07. The minimum atomic E-state index is -3.10. The zero-order chi connectivity index (χ0) is 14.3. The van der Waals surface area contributed by atoms with Crippen molar-refractivity contribution in [2.75, 3.05) is 18.6 Å². The Bertz CT molecular complexity index is 568. The van der Waals surface area contributed by atoms with Gasteiger partial charge in [0.2, 0.25) is 0 Å². The smallest absolute Gasteiger partial charge is 0.175 e. The maximum atomic E-state index is 11.4. The van der Waals surface area contributed by atoms with E-state index in [9.17, 15) is 8.42 Å². The van der Waals surface area contributed by atoms with Gasteiger partial charge in [-0.1, -0.05) is 0 Å². The third-order valence-electron chi connectivity index (χ3n) is 4.75. The third-order valence-corrected chi connectivity index (χ3v) is 5.88. The van der Waals surface area contributed by atoms with E-state index in [2.05, 4.69) is 17.3 Å². The van der Waals surface area contributed by atoms with Crippen molar-refractivity contribution in [3.63, 3.8) is 0 Å². The molecule has 110 valence electrons. The normalized spacial score (nSPS) is 30.4. The second-order valence-corrected chi connectivity index (χ2v) is 8.18. The Labute approximate surface area is 121 Å². The van der Waals surface area contributed by atoms with Gasteiger partial charge in [0, 0.05) is 30.1 Å². The summed E-state index contributed by atoms with van der Waals surface area (Å²) in [5.41, 5.74) is 1.02. The average molecular weight is 294 g/mol. The number of fused-ring (bicyclic) bond motifs is 2. The van der Waals surface area contributed by atoms with E-state index in [0.29, 0.717) is 23.0 Å². The molecule has 0 aromatic heterocycles. The van der Waals surface area contributed by atoms with Gasteiger partial charge >= 0.3 is 0 Å². The van der Waals surface area contributed by atoms with Crippen LogP contribution in [-0.4, -0.2) is 44.7 Å². The lowest BCUT2D eigenvalue weighted by Crippen LogP contribution is -2.44. The van der Waals surface area contributed by atoms with Gasteiger partial charge in [0.15, 0.2) is 9.84 Å². The van der Waals surface area contributed by atoms with Gasteiger partial charge in [0.1, 0.15) is 0 Å². The zero-order valence-corrected chi connectivity index (χ0v) is 12.9. The van der Waals surface area contributed by atoms with Crippen molar-refractivity contribution in [3.05, 3.63) is 24.3 Å². The molecule has 0 saturated carbocycles. The number of rotatable bonds is 3. The van der Waals surface area contributed by atoms with Crippen LogP contribution in [0.5, 0.6) is 0 Å². The molecule has 2 heterocycles. The molecule has 1 aromatic carbocycles. The quantitative estimate of drug-likeness (QED) is 0.928. The third kappa shape index (κ3) is 2.69. The number of benzene rings is 1. The van der Waals surface area contributed by atoms with Crippen LogP contribution in [-0.2, 0) is 9.84 Å². The van der Waals surface area contributed by atoms with Gasteiger partial charge in [-0.2, -0.15) is 0 Å². The molecule has 2 bridgehead atoms. The van der Waals surface area contributed by atoms with Crippen LogP contribution in [0.15, 0.2) is 29.2 Å². The van der Waals surface area contributed by atoms with E-state index in [1.165, 1.54) is 31.9 Å². The molecule has 0 amide bonds. The zero-order valence-electron chi connectivity index (χ0n) is 12.0. The molecule has 0 radical (unpaired) electrons. The number of hydrogen-bond acceptors (Lipinski definition) is 4. The number of piperidine rings is 1. The largest absolute Gasteiger partial charge is 0.382 e. The van der Waals surface area contributed by atoms with Crippen molar-refractivity contribution in [2.45, 2.75) is 48.7 Å². The second kappa shape index (κ2) is 5.04. The first-order chi connectivity index (χ1) is 9.43. The van der Waals surface area contributed by atoms with Gasteiger partial charge in [-0.3, -0.25) is 0 Å². The first-order valence-electron chi connectivity index (χ1n) is 7.22. The summed E-state index contributed by atoms with van der Waals surface area (Å²) in [6.45, 7) is 0. The number of nitrogens with zero attached hydrogens (tertiary/aromatic N) is 1. The molecule has 2 atom stereocenters. The van der Waals surface area contributed by atoms with E-state index in [1.54, 1.807) is 12.1 Å². The Morgan fingerprint density at radius 3 is 2.15 bits per heavy atom. The first-order valence-corrected chi connectivity index (χ1v) is 9.11. The van der Waals surface area contributed by atoms with Crippen molar-refractivity contribution < 1.29 is 8.42 Å². The summed E-state index contributed by atoms with van der Waals surface area (Å²) in [7, 11) is -0.866. The summed E-state index contributed by atoms with van der Waals surface area (Å²) >= 11 is 0. The second-order valence-electron chi connectivity index (χ2n) is 6.16. The predicted octanol–water partition coefficient (Wildman–Crippen LogP) is 2.13. The summed E-state index contributed by atoms with van der Waals surface area (Å²) in [6, 6.07) is 9.03. The molecule has 3 rings (SSSR count). The van der Waals surface area contributed by atoms with Crippen LogP contribution in [0, 0.1) is 0 Å². The van der Waals surface area contributed by atoms with E-state index < -0.39 is 9.84 Å². The van der Waals surface area contributed by atoms with Crippen LogP contribution < -0.4 is 5.32 Å². The van der Waals surface area contributed by atoms with E-state index in [4.69, 9.17) is 0 Å². The van der Waals surface area contributed by atoms with Crippen LogP contribution >= 0.6 is 0 Å². The van der Waals surface area contributed by atoms with Crippen LogP contribution in [0.4, 0.5) is 5.69 Å². The summed E-state index contributed by atoms with van der Waals surface area (Å²) in [5, 5.41) is 3.56. The van der Waals surface area contributed by atoms with Crippen LogP contribution in [0.1, 0.15) is 25.7 Å². The predicted molar refractivity (Wildman–Crippen MR) is 80.8 cm³/mol. The molecule has 2 aliphatic rings. The van der Waals surface area contributed by atoms with Crippen molar-refractivity contribution in [2.24, 2.45) is 0 Å². The standard InChI is InChI=1S/C15H22N2O2S/c1-17-13-5-6-14(17)10-12(9-13)16-11-3-7-15(8-4-11)20(2,18)19/h3-4,7-8,12-14,16H,5-6,9-10H2,1-2H3. The van der Waals surface area contributed by atoms with E-state index >= 15 is 0 Å². The molecule has 1 aromatic rings. The van der Waals surface area contributed by atoms with Gasteiger partial charge in [-0.15, -0.1) is 0 Å². The van der Waals surface area contributed by atoms with Gasteiger partial charge in [0.25, 0.3) is 0 Å². The molecule has 2 aliphatic heterocycles. The van der Waals surface area contributed by atoms with Crippen molar-refractivity contribution >= 4 is 15.5 Å². The fraction of sp³-hybridized carbons (Fsp3) is 0.600. The highest BCUT2D eigenvalue weighted by molar-refractivity contribution is 7.90. The van der Waals surface area contributed by atoms with Crippen LogP contribution in [0.2, 0.25) is 0 Å². The number of sulfone groups is 1. The van der Waals surface area contributed by atoms with E-state index in [-0.39, 0.29) is 0 Å². The first kappa shape index (κ1) is 13.9. The fourth-order valence-corrected chi connectivity index (χ4v) is 4.19. The molecule has 0 spiro atoms. The van der Waals surface area contributed by atoms with Gasteiger partial charge in [0.05, 0.1) is 4.90 Å². The monoisotopic (exact) mass is 294 g/mol. The van der Waals surface area contributed by atoms with Crippen LogP contribution in [0.3, 0.4) is 0 Å². The number of nitrogens with one attached hydrogen (secondary N) is 1. The topological polar surface area (TPSA) is 49.4 Å². The molecule has 2 fully saturated rings. The highest BCUT2D eigenvalue weighted by Gasteiger charge is 2.38.